The molecule has 0 saturated carbocycles. The maximum Gasteiger partial charge on any atom is 0.214 e. The van der Waals surface area contributed by atoms with Crippen LogP contribution in [0.25, 0.3) is 10.2 Å². The van der Waals surface area contributed by atoms with E-state index < -0.39 is 9.84 Å². The average molecular weight is 282 g/mol. The molecule has 0 spiro atoms. The summed E-state index contributed by atoms with van der Waals surface area (Å²) in [5.41, 5.74) is 0.704. The van der Waals surface area contributed by atoms with Crippen molar-refractivity contribution in [2.45, 2.75) is 4.34 Å². The molecule has 0 fully saturated rings. The lowest BCUT2D eigenvalue weighted by Gasteiger charge is -2.00. The third-order valence-corrected chi connectivity index (χ3v) is 5.60. The Kier molecular flexibility index (Phi) is 2.79. The maximum atomic E-state index is 12.1. The van der Waals surface area contributed by atoms with E-state index >= 15 is 0 Å². The first kappa shape index (κ1) is 11.6. The highest BCUT2D eigenvalue weighted by Gasteiger charge is 2.24. The van der Waals surface area contributed by atoms with Gasteiger partial charge in [-0.05, 0) is 12.1 Å². The van der Waals surface area contributed by atoms with Gasteiger partial charge in [0.1, 0.15) is 12.4 Å². The molecule has 2 heterocycles. The third kappa shape index (κ3) is 2.11. The van der Waals surface area contributed by atoms with Gasteiger partial charge in [-0.15, -0.1) is 11.3 Å². The summed E-state index contributed by atoms with van der Waals surface area (Å²) in [5, 5.41) is 0. The van der Waals surface area contributed by atoms with Crippen molar-refractivity contribution in [3.05, 3.63) is 24.3 Å². The molecule has 0 atom stereocenters. The van der Waals surface area contributed by atoms with Crippen LogP contribution in [0.1, 0.15) is 0 Å². The van der Waals surface area contributed by atoms with Gasteiger partial charge in [-0.3, -0.25) is 4.99 Å². The van der Waals surface area contributed by atoms with Crippen LogP contribution in [0.4, 0.5) is 0 Å². The van der Waals surface area contributed by atoms with Crippen molar-refractivity contribution in [3.63, 3.8) is 0 Å². The van der Waals surface area contributed by atoms with Gasteiger partial charge >= 0.3 is 0 Å². The van der Waals surface area contributed by atoms with Gasteiger partial charge in [0, 0.05) is 0 Å². The molecule has 0 bridgehead atoms. The van der Waals surface area contributed by atoms with Crippen molar-refractivity contribution in [3.8, 4) is 0 Å². The van der Waals surface area contributed by atoms with E-state index in [9.17, 15) is 8.42 Å². The molecule has 5 nitrogen and oxygen atoms in total. The third-order valence-electron chi connectivity index (χ3n) is 2.50. The van der Waals surface area contributed by atoms with Crippen LogP contribution in [0.15, 0.2) is 33.6 Å². The van der Waals surface area contributed by atoms with Crippen LogP contribution in [0.3, 0.4) is 0 Å². The number of aromatic nitrogens is 1. The predicted octanol–water partition coefficient (Wildman–Crippen LogP) is 1.50. The van der Waals surface area contributed by atoms with Gasteiger partial charge in [0.15, 0.2) is 5.90 Å². The number of nitrogens with zero attached hydrogens (tertiary/aromatic N) is 2. The van der Waals surface area contributed by atoms with E-state index in [1.807, 2.05) is 18.2 Å². The first-order valence-corrected chi connectivity index (χ1v) is 7.86. The standard InChI is InChI=1S/C11H10N2O3S2/c14-18(15,7-10-12-5-6-16-10)11-13-8-3-1-2-4-9(8)17-11/h1-4H,5-7H2. The second-order valence-corrected chi connectivity index (χ2v) is 7.02. The van der Waals surface area contributed by atoms with Gasteiger partial charge in [0.2, 0.25) is 14.2 Å². The molecule has 1 aromatic carbocycles. The first-order valence-electron chi connectivity index (χ1n) is 5.40. The Labute approximate surface area is 108 Å². The number of fused-ring (bicyclic) bond motifs is 1. The van der Waals surface area contributed by atoms with Crippen molar-refractivity contribution in [2.75, 3.05) is 18.9 Å². The lowest BCUT2D eigenvalue weighted by atomic mass is 10.3. The molecule has 1 aliphatic rings. The summed E-state index contributed by atoms with van der Waals surface area (Å²) in [7, 11) is -3.45. The normalized spacial score (nSPS) is 15.7. The number of sulfone groups is 1. The highest BCUT2D eigenvalue weighted by atomic mass is 32.2. The van der Waals surface area contributed by atoms with E-state index in [2.05, 4.69) is 9.98 Å². The SMILES string of the molecule is O=S(=O)(CC1=NCCO1)c1nc2ccccc2s1. The first-order chi connectivity index (χ1) is 8.65. The number of ether oxygens (including phenoxy) is 1. The van der Waals surface area contributed by atoms with Crippen molar-refractivity contribution >= 4 is 37.3 Å². The molecular formula is C11H10N2O3S2. The summed E-state index contributed by atoms with van der Waals surface area (Å²) in [6, 6.07) is 7.35. The van der Waals surface area contributed by atoms with Gasteiger partial charge in [-0.1, -0.05) is 12.1 Å². The maximum absolute atomic E-state index is 12.1. The predicted molar refractivity (Wildman–Crippen MR) is 69.9 cm³/mol. The zero-order valence-electron chi connectivity index (χ0n) is 9.37. The highest BCUT2D eigenvalue weighted by molar-refractivity contribution is 7.94. The van der Waals surface area contributed by atoms with Gasteiger partial charge in [-0.25, -0.2) is 13.4 Å². The second kappa shape index (κ2) is 4.33. The van der Waals surface area contributed by atoms with Gasteiger partial charge in [0.05, 0.1) is 16.8 Å². The van der Waals surface area contributed by atoms with E-state index in [0.29, 0.717) is 18.7 Å². The zero-order chi connectivity index (χ0) is 12.6. The molecule has 0 N–H and O–H groups in total. The molecule has 1 aliphatic heterocycles. The average Bonchev–Trinajstić information content (AvgIpc) is 2.96. The summed E-state index contributed by atoms with van der Waals surface area (Å²) < 4.78 is 30.4. The summed E-state index contributed by atoms with van der Waals surface area (Å²) in [5.74, 6) is 0.0848. The van der Waals surface area contributed by atoms with Crippen LogP contribution in [-0.2, 0) is 14.6 Å². The smallest absolute Gasteiger partial charge is 0.214 e. The summed E-state index contributed by atoms with van der Waals surface area (Å²) >= 11 is 1.18. The Hall–Kier alpha value is -1.47. The molecule has 0 aliphatic carbocycles. The fourth-order valence-corrected chi connectivity index (χ4v) is 4.19. The molecule has 0 saturated heterocycles. The van der Waals surface area contributed by atoms with Crippen molar-refractivity contribution < 1.29 is 13.2 Å². The van der Waals surface area contributed by atoms with E-state index in [1.54, 1.807) is 6.07 Å². The van der Waals surface area contributed by atoms with Crippen LogP contribution >= 0.6 is 11.3 Å². The lowest BCUT2D eigenvalue weighted by Crippen LogP contribution is -2.16. The Morgan fingerprint density at radius 1 is 1.33 bits per heavy atom. The lowest BCUT2D eigenvalue weighted by molar-refractivity contribution is 0.345. The monoisotopic (exact) mass is 282 g/mol. The molecule has 0 unspecified atom stereocenters. The molecule has 0 amide bonds. The summed E-state index contributed by atoms with van der Waals surface area (Å²) in [6.07, 6.45) is 0. The quantitative estimate of drug-likeness (QED) is 0.855. The van der Waals surface area contributed by atoms with Gasteiger partial charge < -0.3 is 4.74 Å². The second-order valence-electron chi connectivity index (χ2n) is 3.83. The number of para-hydroxylation sites is 1. The van der Waals surface area contributed by atoms with E-state index in [-0.39, 0.29) is 16.0 Å². The van der Waals surface area contributed by atoms with Gasteiger partial charge in [0.25, 0.3) is 0 Å². The molecule has 2 aromatic rings. The number of rotatable bonds is 3. The van der Waals surface area contributed by atoms with Crippen LogP contribution in [0, 0.1) is 0 Å². The van der Waals surface area contributed by atoms with Crippen LogP contribution < -0.4 is 0 Å². The Bertz CT molecular complexity index is 686. The number of hydrogen-bond donors (Lipinski definition) is 0. The van der Waals surface area contributed by atoms with Gasteiger partial charge in [-0.2, -0.15) is 0 Å². The van der Waals surface area contributed by atoms with E-state index in [0.717, 1.165) is 4.70 Å². The van der Waals surface area contributed by atoms with E-state index in [4.69, 9.17) is 4.74 Å². The minimum absolute atomic E-state index is 0.127. The Morgan fingerprint density at radius 2 is 2.17 bits per heavy atom. The molecule has 1 aromatic heterocycles. The van der Waals surface area contributed by atoms with Crippen LogP contribution in [-0.4, -0.2) is 38.2 Å². The Balaban J connectivity index is 1.97. The van der Waals surface area contributed by atoms with Crippen LogP contribution in [0.5, 0.6) is 0 Å². The number of benzene rings is 1. The number of thiazole rings is 1. The number of aliphatic imine (C=N–C) groups is 1. The highest BCUT2D eigenvalue weighted by Crippen LogP contribution is 2.26. The summed E-state index contributed by atoms with van der Waals surface area (Å²) in [4.78, 5) is 8.14. The molecule has 0 radical (unpaired) electrons. The molecular weight excluding hydrogens is 272 g/mol. The molecule has 3 rings (SSSR count). The summed E-state index contributed by atoms with van der Waals surface area (Å²) in [6.45, 7) is 0.995. The fourth-order valence-electron chi connectivity index (χ4n) is 1.68. The van der Waals surface area contributed by atoms with Crippen molar-refractivity contribution in [1.82, 2.24) is 4.98 Å². The molecule has 94 valence electrons. The largest absolute Gasteiger partial charge is 0.478 e. The Morgan fingerprint density at radius 3 is 2.89 bits per heavy atom. The van der Waals surface area contributed by atoms with Crippen molar-refractivity contribution in [2.24, 2.45) is 4.99 Å². The van der Waals surface area contributed by atoms with Crippen molar-refractivity contribution in [1.29, 1.82) is 0 Å². The molecule has 18 heavy (non-hydrogen) atoms. The minimum Gasteiger partial charge on any atom is -0.478 e. The molecule has 7 heteroatoms. The van der Waals surface area contributed by atoms with E-state index in [1.165, 1.54) is 11.3 Å². The number of hydrogen-bond acceptors (Lipinski definition) is 6. The minimum atomic E-state index is -3.45. The van der Waals surface area contributed by atoms with Crippen LogP contribution in [0.2, 0.25) is 0 Å². The fraction of sp³-hybridized carbons (Fsp3) is 0.273. The zero-order valence-corrected chi connectivity index (χ0v) is 11.0. The topological polar surface area (TPSA) is 68.6 Å².